The summed E-state index contributed by atoms with van der Waals surface area (Å²) in [6, 6.07) is 10.6. The highest BCUT2D eigenvalue weighted by molar-refractivity contribution is 7.92. The molecule has 0 unspecified atom stereocenters. The molecule has 0 radical (unpaired) electrons. The molecule has 0 heterocycles. The summed E-state index contributed by atoms with van der Waals surface area (Å²) in [5.41, 5.74) is 1.01. The summed E-state index contributed by atoms with van der Waals surface area (Å²) in [5.74, 6) is -0.850. The second-order valence-electron chi connectivity index (χ2n) is 6.00. The Morgan fingerprint density at radius 3 is 2.31 bits per heavy atom. The van der Waals surface area contributed by atoms with Crippen LogP contribution in [0.3, 0.4) is 0 Å². The van der Waals surface area contributed by atoms with Crippen molar-refractivity contribution in [2.45, 2.75) is 25.9 Å². The third-order valence-electron chi connectivity index (χ3n) is 3.88. The molecular weight excluding hydrogens is 379 g/mol. The number of carbonyl (C=O) groups excluding carboxylic acids is 1. The molecule has 2 aromatic rings. The largest absolute Gasteiger partial charge is 0.348 e. The van der Waals surface area contributed by atoms with Gasteiger partial charge in [0.15, 0.2) is 0 Å². The number of nitrogens with zero attached hydrogens (tertiary/aromatic N) is 1. The summed E-state index contributed by atoms with van der Waals surface area (Å²) >= 11 is 5.95. The van der Waals surface area contributed by atoms with Gasteiger partial charge in [-0.15, -0.1) is 0 Å². The third kappa shape index (κ3) is 4.95. The van der Waals surface area contributed by atoms with Crippen LogP contribution in [0.15, 0.2) is 48.5 Å². The normalized spacial score (nSPS) is 13.7. The number of sulfonamides is 1. The Morgan fingerprint density at radius 1 is 1.15 bits per heavy atom. The van der Waals surface area contributed by atoms with Gasteiger partial charge in [0.05, 0.1) is 18.0 Å². The van der Waals surface area contributed by atoms with Crippen molar-refractivity contribution in [1.82, 2.24) is 5.32 Å². The summed E-state index contributed by atoms with van der Waals surface area (Å²) in [6.45, 7) is 3.23. The molecule has 8 heteroatoms. The molecule has 0 aliphatic carbocycles. The van der Waals surface area contributed by atoms with Gasteiger partial charge in [-0.2, -0.15) is 0 Å². The molecule has 0 fully saturated rings. The lowest BCUT2D eigenvalue weighted by Crippen LogP contribution is -2.48. The van der Waals surface area contributed by atoms with Gasteiger partial charge in [0.25, 0.3) is 0 Å². The number of amides is 1. The Labute approximate surface area is 157 Å². The fraction of sp³-hybridized carbons (Fsp3) is 0.278. The van der Waals surface area contributed by atoms with Gasteiger partial charge in [0.1, 0.15) is 11.9 Å². The van der Waals surface area contributed by atoms with Gasteiger partial charge in [-0.1, -0.05) is 29.8 Å². The minimum Gasteiger partial charge on any atom is -0.348 e. The van der Waals surface area contributed by atoms with Crippen LogP contribution in [0, 0.1) is 5.82 Å². The summed E-state index contributed by atoms with van der Waals surface area (Å²) in [5, 5.41) is 3.12. The van der Waals surface area contributed by atoms with Crippen LogP contribution in [0.4, 0.5) is 10.1 Å². The smallest absolute Gasteiger partial charge is 0.244 e. The van der Waals surface area contributed by atoms with E-state index < -0.39 is 28.0 Å². The topological polar surface area (TPSA) is 66.5 Å². The monoisotopic (exact) mass is 398 g/mol. The van der Waals surface area contributed by atoms with Crippen LogP contribution < -0.4 is 9.62 Å². The second-order valence-corrected chi connectivity index (χ2v) is 8.29. The van der Waals surface area contributed by atoms with E-state index in [1.54, 1.807) is 37.3 Å². The van der Waals surface area contributed by atoms with E-state index in [9.17, 15) is 17.6 Å². The summed E-state index contributed by atoms with van der Waals surface area (Å²) in [7, 11) is -3.72. The Kier molecular flexibility index (Phi) is 6.26. The lowest BCUT2D eigenvalue weighted by molar-refractivity contribution is -0.122. The number of anilines is 1. The summed E-state index contributed by atoms with van der Waals surface area (Å²) in [6.07, 6.45) is 1.03. The molecule has 0 saturated heterocycles. The molecule has 140 valence electrons. The predicted octanol–water partition coefficient (Wildman–Crippen LogP) is 3.51. The lowest BCUT2D eigenvalue weighted by Gasteiger charge is -2.29. The first-order valence-electron chi connectivity index (χ1n) is 7.90. The van der Waals surface area contributed by atoms with Gasteiger partial charge in [0, 0.05) is 5.02 Å². The first-order valence-corrected chi connectivity index (χ1v) is 10.1. The minimum atomic E-state index is -3.72. The Hall–Kier alpha value is -2.12. The maximum atomic E-state index is 13.0. The number of hydrogen-bond acceptors (Lipinski definition) is 3. The van der Waals surface area contributed by atoms with Crippen LogP contribution in [0.25, 0.3) is 0 Å². The highest BCUT2D eigenvalue weighted by Crippen LogP contribution is 2.24. The van der Waals surface area contributed by atoms with E-state index in [2.05, 4.69) is 5.32 Å². The van der Waals surface area contributed by atoms with E-state index in [0.29, 0.717) is 16.3 Å². The minimum absolute atomic E-state index is 0.303. The van der Waals surface area contributed by atoms with E-state index in [4.69, 9.17) is 11.6 Å². The molecule has 5 nitrogen and oxygen atoms in total. The third-order valence-corrected chi connectivity index (χ3v) is 5.36. The first kappa shape index (κ1) is 20.2. The average molecular weight is 399 g/mol. The van der Waals surface area contributed by atoms with E-state index in [-0.39, 0.29) is 5.82 Å². The van der Waals surface area contributed by atoms with Crippen molar-refractivity contribution >= 4 is 33.2 Å². The van der Waals surface area contributed by atoms with Gasteiger partial charge in [-0.3, -0.25) is 9.10 Å². The highest BCUT2D eigenvalue weighted by Gasteiger charge is 2.30. The molecule has 0 aliphatic rings. The predicted molar refractivity (Wildman–Crippen MR) is 101 cm³/mol. The van der Waals surface area contributed by atoms with Crippen molar-refractivity contribution in [2.75, 3.05) is 10.6 Å². The molecule has 1 N–H and O–H groups in total. The molecule has 2 aromatic carbocycles. The second kappa shape index (κ2) is 8.05. The maximum Gasteiger partial charge on any atom is 0.244 e. The zero-order valence-electron chi connectivity index (χ0n) is 14.6. The molecular formula is C18H20ClFN2O3S. The number of rotatable bonds is 6. The maximum absolute atomic E-state index is 13.0. The number of hydrogen-bond donors (Lipinski definition) is 1. The molecule has 0 aromatic heterocycles. The zero-order valence-corrected chi connectivity index (χ0v) is 16.2. The van der Waals surface area contributed by atoms with Crippen LogP contribution in [-0.4, -0.2) is 26.6 Å². The van der Waals surface area contributed by atoms with Gasteiger partial charge < -0.3 is 5.32 Å². The van der Waals surface area contributed by atoms with E-state index in [0.717, 1.165) is 10.6 Å². The van der Waals surface area contributed by atoms with Crippen molar-refractivity contribution in [2.24, 2.45) is 0 Å². The highest BCUT2D eigenvalue weighted by atomic mass is 35.5. The molecule has 1 amide bonds. The van der Waals surface area contributed by atoms with Gasteiger partial charge in [-0.05, 0) is 49.7 Å². The molecule has 0 bridgehead atoms. The molecule has 26 heavy (non-hydrogen) atoms. The van der Waals surface area contributed by atoms with E-state index in [1.165, 1.54) is 25.1 Å². The fourth-order valence-electron chi connectivity index (χ4n) is 2.59. The first-order chi connectivity index (χ1) is 12.1. The molecule has 2 atom stereocenters. The quantitative estimate of drug-likeness (QED) is 0.809. The van der Waals surface area contributed by atoms with E-state index >= 15 is 0 Å². The van der Waals surface area contributed by atoms with Crippen LogP contribution >= 0.6 is 11.6 Å². The number of nitrogens with one attached hydrogen (secondary N) is 1. The number of carbonyl (C=O) groups is 1. The average Bonchev–Trinajstić information content (AvgIpc) is 2.54. The lowest BCUT2D eigenvalue weighted by atomic mass is 10.1. The summed E-state index contributed by atoms with van der Waals surface area (Å²) < 4.78 is 38.5. The number of benzene rings is 2. The molecule has 0 aliphatic heterocycles. The van der Waals surface area contributed by atoms with Crippen LogP contribution in [0.2, 0.25) is 5.02 Å². The Bertz CT molecular complexity index is 888. The zero-order chi connectivity index (χ0) is 19.5. The SMILES string of the molecule is C[C@H](NC(=O)[C@H](C)N(c1cccc(Cl)c1)S(C)(=O)=O)c1ccc(F)cc1. The van der Waals surface area contributed by atoms with Crippen molar-refractivity contribution in [3.05, 3.63) is 64.9 Å². The number of halogens is 2. The van der Waals surface area contributed by atoms with E-state index in [1.807, 2.05) is 0 Å². The molecule has 0 spiro atoms. The summed E-state index contributed by atoms with van der Waals surface area (Å²) in [4.78, 5) is 12.6. The molecule has 0 saturated carbocycles. The van der Waals surface area contributed by atoms with Gasteiger partial charge >= 0.3 is 0 Å². The van der Waals surface area contributed by atoms with Crippen LogP contribution in [-0.2, 0) is 14.8 Å². The van der Waals surface area contributed by atoms with Crippen LogP contribution in [0.1, 0.15) is 25.5 Å². The van der Waals surface area contributed by atoms with Gasteiger partial charge in [0.2, 0.25) is 15.9 Å². The standard InChI is InChI=1S/C18H20ClFN2O3S/c1-12(14-7-9-16(20)10-8-14)21-18(23)13(2)22(26(3,24)25)17-6-4-5-15(19)11-17/h4-13H,1-3H3,(H,21,23)/t12-,13-/m0/s1. The van der Waals surface area contributed by atoms with Crippen LogP contribution in [0.5, 0.6) is 0 Å². The Balaban J connectivity index is 2.23. The molecule has 2 rings (SSSR count). The van der Waals surface area contributed by atoms with Crippen molar-refractivity contribution < 1.29 is 17.6 Å². The van der Waals surface area contributed by atoms with Crippen molar-refractivity contribution in [3.63, 3.8) is 0 Å². The van der Waals surface area contributed by atoms with Crippen molar-refractivity contribution in [1.29, 1.82) is 0 Å². The fourth-order valence-corrected chi connectivity index (χ4v) is 3.94. The Morgan fingerprint density at radius 2 is 1.77 bits per heavy atom. The van der Waals surface area contributed by atoms with Crippen molar-refractivity contribution in [3.8, 4) is 0 Å². The van der Waals surface area contributed by atoms with Gasteiger partial charge in [-0.25, -0.2) is 12.8 Å².